The summed E-state index contributed by atoms with van der Waals surface area (Å²) in [6, 6.07) is 12.4. The number of hydrogen-bond donors (Lipinski definition) is 1. The molecular weight excluding hydrogens is 358 g/mol. The van der Waals surface area contributed by atoms with Crippen LogP contribution in [0, 0.1) is 0 Å². The summed E-state index contributed by atoms with van der Waals surface area (Å²) in [5.41, 5.74) is 2.19. The average Bonchev–Trinajstić information content (AvgIpc) is 2.71. The molecule has 2 rings (SSSR count). The van der Waals surface area contributed by atoms with Crippen molar-refractivity contribution in [2.24, 2.45) is 0 Å². The Kier molecular flexibility index (Phi) is 7.84. The highest BCUT2D eigenvalue weighted by atomic mass is 16.5. The molecule has 0 bridgehead atoms. The molecule has 0 radical (unpaired) electrons. The van der Waals surface area contributed by atoms with Crippen LogP contribution >= 0.6 is 0 Å². The van der Waals surface area contributed by atoms with E-state index in [1.54, 1.807) is 75.8 Å². The van der Waals surface area contributed by atoms with E-state index in [0.717, 1.165) is 11.1 Å². The molecule has 0 aromatic heterocycles. The number of hydrogen-bond acceptors (Lipinski definition) is 5. The molecule has 2 aromatic carbocycles. The number of esters is 1. The van der Waals surface area contributed by atoms with Crippen LogP contribution in [0.25, 0.3) is 12.2 Å². The number of carbonyl (C=O) groups excluding carboxylic acids is 2. The molecule has 6 nitrogen and oxygen atoms in total. The minimum atomic E-state index is -0.391. The third-order valence-electron chi connectivity index (χ3n) is 3.73. The molecule has 1 amide bonds. The van der Waals surface area contributed by atoms with Crippen LogP contribution in [-0.2, 0) is 14.3 Å². The van der Waals surface area contributed by atoms with Crippen molar-refractivity contribution in [2.45, 2.75) is 6.92 Å². The summed E-state index contributed by atoms with van der Waals surface area (Å²) < 4.78 is 15.3. The Morgan fingerprint density at radius 2 is 1.71 bits per heavy atom. The van der Waals surface area contributed by atoms with Gasteiger partial charge in [-0.3, -0.25) is 4.79 Å². The van der Waals surface area contributed by atoms with Crippen molar-refractivity contribution in [3.8, 4) is 11.5 Å². The van der Waals surface area contributed by atoms with E-state index in [1.165, 1.54) is 12.2 Å². The van der Waals surface area contributed by atoms with E-state index in [9.17, 15) is 9.59 Å². The van der Waals surface area contributed by atoms with Crippen LogP contribution in [0.3, 0.4) is 0 Å². The summed E-state index contributed by atoms with van der Waals surface area (Å²) in [4.78, 5) is 23.5. The number of ether oxygens (including phenoxy) is 3. The number of amides is 1. The first kappa shape index (κ1) is 20.8. The van der Waals surface area contributed by atoms with Gasteiger partial charge in [0.2, 0.25) is 5.91 Å². The SMILES string of the molecule is CCOC(=O)/C=C/c1ccc(NC(=O)/C=C/c2cc(OC)ccc2OC)cc1. The zero-order valence-corrected chi connectivity index (χ0v) is 16.1. The summed E-state index contributed by atoms with van der Waals surface area (Å²) in [7, 11) is 3.14. The van der Waals surface area contributed by atoms with Crippen LogP contribution < -0.4 is 14.8 Å². The van der Waals surface area contributed by atoms with Crippen LogP contribution in [0.2, 0.25) is 0 Å². The molecule has 0 unspecified atom stereocenters. The summed E-state index contributed by atoms with van der Waals surface area (Å²) >= 11 is 0. The number of rotatable bonds is 8. The summed E-state index contributed by atoms with van der Waals surface area (Å²) in [6.45, 7) is 2.09. The van der Waals surface area contributed by atoms with Crippen molar-refractivity contribution in [3.63, 3.8) is 0 Å². The predicted octanol–water partition coefficient (Wildman–Crippen LogP) is 3.93. The van der Waals surface area contributed by atoms with Gasteiger partial charge in [0.1, 0.15) is 11.5 Å². The molecule has 6 heteroatoms. The number of carbonyl (C=O) groups is 2. The van der Waals surface area contributed by atoms with E-state index in [1.807, 2.05) is 0 Å². The van der Waals surface area contributed by atoms with Crippen molar-refractivity contribution >= 4 is 29.7 Å². The summed E-state index contributed by atoms with van der Waals surface area (Å²) in [5.74, 6) is 0.646. The van der Waals surface area contributed by atoms with Crippen molar-refractivity contribution in [1.82, 2.24) is 0 Å². The van der Waals surface area contributed by atoms with Crippen LogP contribution in [0.5, 0.6) is 11.5 Å². The lowest BCUT2D eigenvalue weighted by Gasteiger charge is -2.07. The Morgan fingerprint density at radius 3 is 2.36 bits per heavy atom. The molecular formula is C22H23NO5. The predicted molar refractivity (Wildman–Crippen MR) is 109 cm³/mol. The first-order valence-corrected chi connectivity index (χ1v) is 8.71. The highest BCUT2D eigenvalue weighted by Gasteiger charge is 2.04. The third-order valence-corrected chi connectivity index (χ3v) is 3.73. The van der Waals surface area contributed by atoms with Gasteiger partial charge in [0.15, 0.2) is 0 Å². The Bertz CT molecular complexity index is 869. The molecule has 0 atom stereocenters. The molecule has 0 saturated heterocycles. The fraction of sp³-hybridized carbons (Fsp3) is 0.182. The first-order chi connectivity index (χ1) is 13.5. The van der Waals surface area contributed by atoms with Gasteiger partial charge in [-0.05, 0) is 55.0 Å². The summed E-state index contributed by atoms with van der Waals surface area (Å²) in [5, 5.41) is 2.78. The zero-order valence-electron chi connectivity index (χ0n) is 16.1. The van der Waals surface area contributed by atoms with Crippen molar-refractivity contribution in [2.75, 3.05) is 26.1 Å². The van der Waals surface area contributed by atoms with E-state index < -0.39 is 5.97 Å². The Balaban J connectivity index is 1.99. The molecule has 0 heterocycles. The number of anilines is 1. The average molecular weight is 381 g/mol. The number of benzene rings is 2. The zero-order chi connectivity index (χ0) is 20.4. The molecule has 0 saturated carbocycles. The van der Waals surface area contributed by atoms with Gasteiger partial charge in [0, 0.05) is 23.4 Å². The van der Waals surface area contributed by atoms with Crippen molar-refractivity contribution < 1.29 is 23.8 Å². The minimum absolute atomic E-state index is 0.278. The fourth-order valence-corrected chi connectivity index (χ4v) is 2.35. The molecule has 28 heavy (non-hydrogen) atoms. The Morgan fingerprint density at radius 1 is 0.964 bits per heavy atom. The lowest BCUT2D eigenvalue weighted by molar-refractivity contribution is -0.137. The van der Waals surface area contributed by atoms with Gasteiger partial charge in [-0.25, -0.2) is 4.79 Å². The van der Waals surface area contributed by atoms with Gasteiger partial charge < -0.3 is 19.5 Å². The molecule has 2 aromatic rings. The second-order valence-electron chi connectivity index (χ2n) is 5.64. The monoisotopic (exact) mass is 381 g/mol. The standard InChI is InChI=1S/C22H23NO5/c1-4-28-22(25)14-7-16-5-9-18(10-6-16)23-21(24)13-8-17-15-19(26-2)11-12-20(17)27-3/h5-15H,4H2,1-3H3,(H,23,24)/b13-8+,14-7+. The van der Waals surface area contributed by atoms with E-state index in [0.29, 0.717) is 23.8 Å². The van der Waals surface area contributed by atoms with Gasteiger partial charge in [-0.15, -0.1) is 0 Å². The maximum Gasteiger partial charge on any atom is 0.330 e. The van der Waals surface area contributed by atoms with Gasteiger partial charge in [-0.1, -0.05) is 12.1 Å². The number of nitrogens with one attached hydrogen (secondary N) is 1. The largest absolute Gasteiger partial charge is 0.497 e. The highest BCUT2D eigenvalue weighted by Crippen LogP contribution is 2.25. The van der Waals surface area contributed by atoms with Crippen LogP contribution in [0.1, 0.15) is 18.1 Å². The smallest absolute Gasteiger partial charge is 0.330 e. The molecule has 0 spiro atoms. The minimum Gasteiger partial charge on any atom is -0.497 e. The molecule has 0 aliphatic rings. The first-order valence-electron chi connectivity index (χ1n) is 8.71. The maximum absolute atomic E-state index is 12.2. The van der Waals surface area contributed by atoms with Crippen molar-refractivity contribution in [3.05, 3.63) is 65.7 Å². The van der Waals surface area contributed by atoms with Crippen LogP contribution in [0.4, 0.5) is 5.69 Å². The molecule has 0 aliphatic heterocycles. The van der Waals surface area contributed by atoms with E-state index >= 15 is 0 Å². The normalized spacial score (nSPS) is 10.8. The van der Waals surface area contributed by atoms with Gasteiger partial charge in [0.25, 0.3) is 0 Å². The van der Waals surface area contributed by atoms with E-state index in [-0.39, 0.29) is 5.91 Å². The summed E-state index contributed by atoms with van der Waals surface area (Å²) in [6.07, 6.45) is 6.10. The quantitative estimate of drug-likeness (QED) is 0.554. The molecule has 1 N–H and O–H groups in total. The lowest BCUT2D eigenvalue weighted by atomic mass is 10.1. The highest BCUT2D eigenvalue weighted by molar-refractivity contribution is 6.02. The second kappa shape index (κ2) is 10.6. The second-order valence-corrected chi connectivity index (χ2v) is 5.64. The van der Waals surface area contributed by atoms with E-state index in [4.69, 9.17) is 14.2 Å². The molecule has 0 fully saturated rings. The van der Waals surface area contributed by atoms with Gasteiger partial charge in [0.05, 0.1) is 20.8 Å². The maximum atomic E-state index is 12.2. The Labute approximate surface area is 164 Å². The molecule has 146 valence electrons. The van der Waals surface area contributed by atoms with Crippen LogP contribution in [-0.4, -0.2) is 32.7 Å². The topological polar surface area (TPSA) is 73.9 Å². The van der Waals surface area contributed by atoms with Crippen molar-refractivity contribution in [1.29, 1.82) is 0 Å². The van der Waals surface area contributed by atoms with Gasteiger partial charge >= 0.3 is 5.97 Å². The third kappa shape index (κ3) is 6.32. The Hall–Kier alpha value is -3.54. The van der Waals surface area contributed by atoms with Crippen LogP contribution in [0.15, 0.2) is 54.6 Å². The molecule has 0 aliphatic carbocycles. The van der Waals surface area contributed by atoms with Gasteiger partial charge in [-0.2, -0.15) is 0 Å². The number of methoxy groups -OCH3 is 2. The fourth-order valence-electron chi connectivity index (χ4n) is 2.35. The van der Waals surface area contributed by atoms with E-state index in [2.05, 4.69) is 5.32 Å². The lowest BCUT2D eigenvalue weighted by Crippen LogP contribution is -2.07.